The molecule has 3 heterocycles. The van der Waals surface area contributed by atoms with E-state index in [1.54, 1.807) is 13.1 Å². The van der Waals surface area contributed by atoms with Crippen LogP contribution < -0.4 is 20.4 Å². The van der Waals surface area contributed by atoms with Crippen LogP contribution in [0.25, 0.3) is 0 Å². The number of nitrogens with zero attached hydrogens (tertiary/aromatic N) is 4. The standard InChI is InChI=1S/C26H30N6O/c1-19(33)32-13-11-20-4-3-5-24(26(20)32)28-22-10-12-27-25(18-22)29-21-6-8-23(9-7-21)31-16-14-30(2)15-17-31/h3-10,12,18H,11,13-17H2,1-2H3,(H2,27,28,29). The lowest BCUT2D eigenvalue weighted by atomic mass is 10.1. The van der Waals surface area contributed by atoms with Crippen LogP contribution in [-0.2, 0) is 11.2 Å². The van der Waals surface area contributed by atoms with Gasteiger partial charge in [-0.1, -0.05) is 12.1 Å². The molecule has 7 heteroatoms. The summed E-state index contributed by atoms with van der Waals surface area (Å²) in [6.07, 6.45) is 2.67. The van der Waals surface area contributed by atoms with Crippen molar-refractivity contribution in [2.24, 2.45) is 0 Å². The van der Waals surface area contributed by atoms with Gasteiger partial charge in [-0.15, -0.1) is 0 Å². The van der Waals surface area contributed by atoms with Crippen molar-refractivity contribution in [1.29, 1.82) is 0 Å². The van der Waals surface area contributed by atoms with Crippen LogP contribution in [0.1, 0.15) is 12.5 Å². The Hall–Kier alpha value is -3.58. The number of hydrogen-bond donors (Lipinski definition) is 2. The summed E-state index contributed by atoms with van der Waals surface area (Å²) in [4.78, 5) is 23.2. The third kappa shape index (κ3) is 4.64. The van der Waals surface area contributed by atoms with E-state index in [2.05, 4.69) is 62.8 Å². The summed E-state index contributed by atoms with van der Waals surface area (Å²) in [5.74, 6) is 0.837. The van der Waals surface area contributed by atoms with Crippen LogP contribution in [0.3, 0.4) is 0 Å². The van der Waals surface area contributed by atoms with Crippen LogP contribution in [0.4, 0.5) is 34.3 Å². The zero-order valence-electron chi connectivity index (χ0n) is 19.2. The largest absolute Gasteiger partial charge is 0.369 e. The quantitative estimate of drug-likeness (QED) is 0.617. The fourth-order valence-corrected chi connectivity index (χ4v) is 4.57. The van der Waals surface area contributed by atoms with E-state index in [0.717, 1.165) is 67.7 Å². The van der Waals surface area contributed by atoms with Gasteiger partial charge in [0.15, 0.2) is 0 Å². The highest BCUT2D eigenvalue weighted by molar-refractivity contribution is 5.98. The molecule has 2 aromatic carbocycles. The molecule has 1 amide bonds. The monoisotopic (exact) mass is 442 g/mol. The number of carbonyl (C=O) groups excluding carboxylic acids is 1. The molecule has 0 radical (unpaired) electrons. The molecule has 0 saturated carbocycles. The highest BCUT2D eigenvalue weighted by atomic mass is 16.2. The van der Waals surface area contributed by atoms with Gasteiger partial charge < -0.3 is 25.3 Å². The molecule has 1 saturated heterocycles. The van der Waals surface area contributed by atoms with Gasteiger partial charge in [0.2, 0.25) is 5.91 Å². The van der Waals surface area contributed by atoms with E-state index in [0.29, 0.717) is 0 Å². The Morgan fingerprint density at radius 1 is 0.909 bits per heavy atom. The van der Waals surface area contributed by atoms with Crippen LogP contribution in [-0.4, -0.2) is 55.6 Å². The molecule has 1 aromatic heterocycles. The molecule has 33 heavy (non-hydrogen) atoms. The second-order valence-corrected chi connectivity index (χ2v) is 8.75. The minimum absolute atomic E-state index is 0.0695. The minimum Gasteiger partial charge on any atom is -0.369 e. The summed E-state index contributed by atoms with van der Waals surface area (Å²) in [5.41, 5.74) is 6.30. The van der Waals surface area contributed by atoms with E-state index in [1.807, 2.05) is 29.2 Å². The summed E-state index contributed by atoms with van der Waals surface area (Å²) < 4.78 is 0. The number of hydrogen-bond acceptors (Lipinski definition) is 6. The Labute approximate surface area is 195 Å². The molecule has 2 N–H and O–H groups in total. The predicted octanol–water partition coefficient (Wildman–Crippen LogP) is 4.23. The molecule has 5 rings (SSSR count). The fourth-order valence-electron chi connectivity index (χ4n) is 4.57. The number of para-hydroxylation sites is 1. The van der Waals surface area contributed by atoms with Crippen molar-refractivity contribution in [3.05, 3.63) is 66.4 Å². The Morgan fingerprint density at radius 2 is 1.70 bits per heavy atom. The van der Waals surface area contributed by atoms with Gasteiger partial charge in [-0.25, -0.2) is 4.98 Å². The maximum absolute atomic E-state index is 12.1. The van der Waals surface area contributed by atoms with Crippen molar-refractivity contribution >= 4 is 40.2 Å². The van der Waals surface area contributed by atoms with Crippen LogP contribution in [0.5, 0.6) is 0 Å². The third-order valence-electron chi connectivity index (χ3n) is 6.42. The maximum Gasteiger partial charge on any atom is 0.223 e. The predicted molar refractivity (Wildman–Crippen MR) is 135 cm³/mol. The molecule has 0 unspecified atom stereocenters. The van der Waals surface area contributed by atoms with Gasteiger partial charge in [-0.3, -0.25) is 4.79 Å². The number of fused-ring (bicyclic) bond motifs is 1. The topological polar surface area (TPSA) is 63.7 Å². The van der Waals surface area contributed by atoms with Crippen molar-refractivity contribution in [3.63, 3.8) is 0 Å². The second kappa shape index (κ2) is 9.11. The number of pyridine rings is 1. The second-order valence-electron chi connectivity index (χ2n) is 8.75. The van der Waals surface area contributed by atoms with E-state index in [-0.39, 0.29) is 5.91 Å². The average molecular weight is 443 g/mol. The number of likely N-dealkylation sites (N-methyl/N-ethyl adjacent to an activating group) is 1. The first-order chi connectivity index (χ1) is 16.1. The molecular weight excluding hydrogens is 412 g/mol. The number of anilines is 6. The summed E-state index contributed by atoms with van der Waals surface area (Å²) in [7, 11) is 2.17. The van der Waals surface area contributed by atoms with Crippen LogP contribution in [0.15, 0.2) is 60.8 Å². The molecule has 2 aliphatic heterocycles. The first kappa shape index (κ1) is 21.3. The summed E-state index contributed by atoms with van der Waals surface area (Å²) >= 11 is 0. The zero-order valence-corrected chi connectivity index (χ0v) is 19.2. The van der Waals surface area contributed by atoms with Gasteiger partial charge in [0.1, 0.15) is 5.82 Å². The molecule has 0 bridgehead atoms. The lowest BCUT2D eigenvalue weighted by Gasteiger charge is -2.34. The molecule has 0 spiro atoms. The Balaban J connectivity index is 1.29. The van der Waals surface area contributed by atoms with Crippen molar-refractivity contribution in [2.75, 3.05) is 60.2 Å². The number of carbonyl (C=O) groups is 1. The smallest absolute Gasteiger partial charge is 0.223 e. The zero-order chi connectivity index (χ0) is 22.8. The summed E-state index contributed by atoms with van der Waals surface area (Å²) in [6, 6.07) is 18.6. The number of aromatic nitrogens is 1. The third-order valence-corrected chi connectivity index (χ3v) is 6.42. The van der Waals surface area contributed by atoms with Crippen molar-refractivity contribution < 1.29 is 4.79 Å². The van der Waals surface area contributed by atoms with Gasteiger partial charge in [0.25, 0.3) is 0 Å². The summed E-state index contributed by atoms with van der Waals surface area (Å²) in [6.45, 7) is 6.66. The van der Waals surface area contributed by atoms with Crippen LogP contribution in [0, 0.1) is 0 Å². The maximum atomic E-state index is 12.1. The Kier molecular flexibility index (Phi) is 5.88. The van der Waals surface area contributed by atoms with Crippen molar-refractivity contribution in [2.45, 2.75) is 13.3 Å². The number of amides is 1. The minimum atomic E-state index is 0.0695. The molecule has 2 aliphatic rings. The molecule has 7 nitrogen and oxygen atoms in total. The summed E-state index contributed by atoms with van der Waals surface area (Å²) in [5, 5.41) is 6.89. The van der Waals surface area contributed by atoms with Crippen LogP contribution >= 0.6 is 0 Å². The van der Waals surface area contributed by atoms with Crippen molar-refractivity contribution in [3.8, 4) is 0 Å². The van der Waals surface area contributed by atoms with Gasteiger partial charge in [-0.2, -0.15) is 0 Å². The van der Waals surface area contributed by atoms with E-state index < -0.39 is 0 Å². The molecule has 0 atom stereocenters. The van der Waals surface area contributed by atoms with Gasteiger partial charge in [0, 0.05) is 69.0 Å². The van der Waals surface area contributed by atoms with Crippen molar-refractivity contribution in [1.82, 2.24) is 9.88 Å². The Morgan fingerprint density at radius 3 is 2.45 bits per heavy atom. The lowest BCUT2D eigenvalue weighted by Crippen LogP contribution is -2.44. The molecular formula is C26H30N6O. The van der Waals surface area contributed by atoms with Crippen LogP contribution in [0.2, 0.25) is 0 Å². The number of nitrogens with one attached hydrogen (secondary N) is 2. The lowest BCUT2D eigenvalue weighted by molar-refractivity contribution is -0.116. The number of piperazine rings is 1. The number of rotatable bonds is 5. The first-order valence-corrected chi connectivity index (χ1v) is 11.5. The van der Waals surface area contributed by atoms with Gasteiger partial charge in [0.05, 0.1) is 11.4 Å². The number of benzene rings is 2. The SMILES string of the molecule is CC(=O)N1CCc2cccc(Nc3ccnc(Nc4ccc(N5CCN(C)CC5)cc4)c3)c21. The molecule has 1 fully saturated rings. The van der Waals surface area contributed by atoms with E-state index >= 15 is 0 Å². The van der Waals surface area contributed by atoms with Gasteiger partial charge in [-0.05, 0) is 55.4 Å². The van der Waals surface area contributed by atoms with E-state index in [9.17, 15) is 4.79 Å². The molecule has 170 valence electrons. The highest BCUT2D eigenvalue weighted by Crippen LogP contribution is 2.37. The fraction of sp³-hybridized carbons (Fsp3) is 0.308. The molecule has 0 aliphatic carbocycles. The first-order valence-electron chi connectivity index (χ1n) is 11.5. The molecule has 3 aromatic rings. The van der Waals surface area contributed by atoms with E-state index in [4.69, 9.17) is 0 Å². The van der Waals surface area contributed by atoms with Gasteiger partial charge >= 0.3 is 0 Å². The Bertz CT molecular complexity index is 1140. The highest BCUT2D eigenvalue weighted by Gasteiger charge is 2.25. The van der Waals surface area contributed by atoms with E-state index in [1.165, 1.54) is 11.3 Å². The normalized spacial score (nSPS) is 15.9. The average Bonchev–Trinajstić information content (AvgIpc) is 3.26.